The lowest BCUT2D eigenvalue weighted by atomic mass is 9.96. The summed E-state index contributed by atoms with van der Waals surface area (Å²) in [6.45, 7) is 7.81. The number of halogens is 2. The fraction of sp³-hybridized carbons (Fsp3) is 0.393. The van der Waals surface area contributed by atoms with Gasteiger partial charge in [-0.3, -0.25) is 14.8 Å². The van der Waals surface area contributed by atoms with Crippen LogP contribution in [-0.2, 0) is 6.54 Å². The van der Waals surface area contributed by atoms with Crippen molar-refractivity contribution in [1.29, 1.82) is 0 Å². The molecule has 3 aromatic rings. The molecular weight excluding hydrogens is 460 g/mol. The molecule has 0 saturated carbocycles. The molecule has 2 aliphatic heterocycles. The number of nitrogens with one attached hydrogen (secondary N) is 2. The largest absolute Gasteiger partial charge is 0.368 e. The number of aryl methyl sites for hydroxylation is 2. The van der Waals surface area contributed by atoms with E-state index in [0.29, 0.717) is 35.0 Å². The minimum atomic E-state index is -0.668. The first-order valence-corrected chi connectivity index (χ1v) is 12.4. The van der Waals surface area contributed by atoms with E-state index < -0.39 is 11.6 Å². The lowest BCUT2D eigenvalue weighted by Crippen LogP contribution is -2.45. The summed E-state index contributed by atoms with van der Waals surface area (Å²) in [5, 5.41) is 6.73. The molecule has 2 aromatic heterocycles. The number of rotatable bonds is 5. The summed E-state index contributed by atoms with van der Waals surface area (Å²) >= 11 is 0. The normalized spacial score (nSPS) is 21.4. The van der Waals surface area contributed by atoms with Crippen LogP contribution in [0.3, 0.4) is 0 Å². The van der Waals surface area contributed by atoms with E-state index in [1.807, 2.05) is 26.0 Å². The Morgan fingerprint density at radius 1 is 1.11 bits per heavy atom. The Balaban J connectivity index is 1.51. The third-order valence-electron chi connectivity index (χ3n) is 7.21. The number of aromatic nitrogens is 2. The van der Waals surface area contributed by atoms with E-state index in [1.165, 1.54) is 12.1 Å². The molecule has 6 nitrogen and oxygen atoms in total. The first kappa shape index (κ1) is 24.3. The van der Waals surface area contributed by atoms with E-state index in [4.69, 9.17) is 0 Å². The van der Waals surface area contributed by atoms with E-state index >= 15 is 0 Å². The Hall–Kier alpha value is -3.39. The first-order valence-electron chi connectivity index (χ1n) is 12.4. The highest BCUT2D eigenvalue weighted by Crippen LogP contribution is 2.40. The highest BCUT2D eigenvalue weighted by Gasteiger charge is 2.43. The highest BCUT2D eigenvalue weighted by molar-refractivity contribution is 6.03. The van der Waals surface area contributed by atoms with Crippen LogP contribution in [0.1, 0.15) is 53.5 Å². The average Bonchev–Trinajstić information content (AvgIpc) is 3.40. The summed E-state index contributed by atoms with van der Waals surface area (Å²) < 4.78 is 28.3. The van der Waals surface area contributed by atoms with Crippen molar-refractivity contribution < 1.29 is 13.6 Å². The van der Waals surface area contributed by atoms with Gasteiger partial charge in [0, 0.05) is 66.6 Å². The van der Waals surface area contributed by atoms with Crippen molar-refractivity contribution in [3.8, 4) is 11.1 Å². The van der Waals surface area contributed by atoms with Crippen LogP contribution in [-0.4, -0.2) is 40.5 Å². The topological polar surface area (TPSA) is 70.2 Å². The maximum Gasteiger partial charge on any atom is 0.255 e. The van der Waals surface area contributed by atoms with Gasteiger partial charge in [0.05, 0.1) is 11.3 Å². The third kappa shape index (κ3) is 4.95. The van der Waals surface area contributed by atoms with Gasteiger partial charge in [-0.2, -0.15) is 0 Å². The van der Waals surface area contributed by atoms with Crippen LogP contribution in [0, 0.1) is 25.5 Å². The number of hydrogen-bond acceptors (Lipinski definition) is 5. The number of benzene rings is 1. The standard InChI is InChI=1S/C28H31F2N5O/c1-17-4-5-28(34-17)6-7-35(16-28)26-24(21-10-22(29)12-23(30)11-21)14-31-15-25(26)27(36)32-13-20-8-18(2)33-19(3)9-20/h8-12,14-15,17,34H,4-7,13,16H2,1-3H3,(H,32,36)/t17-,28-/m0/s1. The summed E-state index contributed by atoms with van der Waals surface area (Å²) in [4.78, 5) is 24.3. The van der Waals surface area contributed by atoms with Crippen LogP contribution >= 0.6 is 0 Å². The molecule has 0 aliphatic carbocycles. The van der Waals surface area contributed by atoms with Crippen LogP contribution in [0.4, 0.5) is 14.5 Å². The van der Waals surface area contributed by atoms with Crippen LogP contribution in [0.2, 0.25) is 0 Å². The van der Waals surface area contributed by atoms with E-state index in [2.05, 4.69) is 32.4 Å². The highest BCUT2D eigenvalue weighted by atomic mass is 19.1. The number of carbonyl (C=O) groups excluding carboxylic acids is 1. The van der Waals surface area contributed by atoms with Crippen molar-refractivity contribution in [3.05, 3.63) is 76.9 Å². The fourth-order valence-corrected chi connectivity index (χ4v) is 5.73. The smallest absolute Gasteiger partial charge is 0.255 e. The van der Waals surface area contributed by atoms with Gasteiger partial charge in [-0.05, 0) is 75.4 Å². The molecular formula is C28H31F2N5O. The molecule has 4 heterocycles. The molecule has 2 fully saturated rings. The first-order chi connectivity index (χ1) is 17.2. The second-order valence-electron chi connectivity index (χ2n) is 10.2. The number of amides is 1. The van der Waals surface area contributed by atoms with Gasteiger partial charge >= 0.3 is 0 Å². The maximum absolute atomic E-state index is 14.2. The maximum atomic E-state index is 14.2. The molecule has 2 N–H and O–H groups in total. The predicted octanol–water partition coefficient (Wildman–Crippen LogP) is 4.69. The van der Waals surface area contributed by atoms with E-state index in [9.17, 15) is 13.6 Å². The molecule has 2 aliphatic rings. The SMILES string of the molecule is Cc1cc(CNC(=O)c2cncc(-c3cc(F)cc(F)c3)c2N2CC[C@@]3(CC[C@H](C)N3)C2)cc(C)n1. The summed E-state index contributed by atoms with van der Waals surface area (Å²) in [7, 11) is 0. The van der Waals surface area contributed by atoms with Crippen LogP contribution in [0.5, 0.6) is 0 Å². The molecule has 1 aromatic carbocycles. The average molecular weight is 492 g/mol. The number of nitrogens with zero attached hydrogens (tertiary/aromatic N) is 3. The van der Waals surface area contributed by atoms with Gasteiger partial charge in [0.2, 0.25) is 0 Å². The molecule has 2 atom stereocenters. The minimum Gasteiger partial charge on any atom is -0.368 e. The van der Waals surface area contributed by atoms with Crippen molar-refractivity contribution >= 4 is 11.6 Å². The molecule has 0 bridgehead atoms. The van der Waals surface area contributed by atoms with Crippen LogP contribution < -0.4 is 15.5 Å². The third-order valence-corrected chi connectivity index (χ3v) is 7.21. The van der Waals surface area contributed by atoms with Gasteiger partial charge in [-0.25, -0.2) is 8.78 Å². The minimum absolute atomic E-state index is 0.0209. The van der Waals surface area contributed by atoms with Crippen molar-refractivity contribution in [2.75, 3.05) is 18.0 Å². The Morgan fingerprint density at radius 2 is 1.83 bits per heavy atom. The Bertz CT molecular complexity index is 1270. The van der Waals surface area contributed by atoms with Gasteiger partial charge in [0.1, 0.15) is 11.6 Å². The quantitative estimate of drug-likeness (QED) is 0.542. The number of anilines is 1. The zero-order valence-corrected chi connectivity index (χ0v) is 20.9. The zero-order valence-electron chi connectivity index (χ0n) is 20.9. The summed E-state index contributed by atoms with van der Waals surface area (Å²) in [5.41, 5.74) is 4.66. The van der Waals surface area contributed by atoms with E-state index in [1.54, 1.807) is 12.4 Å². The second kappa shape index (κ2) is 9.58. The van der Waals surface area contributed by atoms with Crippen molar-refractivity contribution in [2.45, 2.75) is 58.2 Å². The number of pyridine rings is 2. The molecule has 36 heavy (non-hydrogen) atoms. The molecule has 8 heteroatoms. The van der Waals surface area contributed by atoms with E-state index in [-0.39, 0.29) is 11.4 Å². The van der Waals surface area contributed by atoms with Crippen molar-refractivity contribution in [1.82, 2.24) is 20.6 Å². The van der Waals surface area contributed by atoms with Gasteiger partial charge in [0.15, 0.2) is 0 Å². The van der Waals surface area contributed by atoms with E-state index in [0.717, 1.165) is 55.4 Å². The van der Waals surface area contributed by atoms with Crippen molar-refractivity contribution in [3.63, 3.8) is 0 Å². The monoisotopic (exact) mass is 491 g/mol. The molecule has 1 spiro atoms. The Kier molecular flexibility index (Phi) is 6.47. The second-order valence-corrected chi connectivity index (χ2v) is 10.2. The molecule has 0 unspecified atom stereocenters. The summed E-state index contributed by atoms with van der Waals surface area (Å²) in [6.07, 6.45) is 6.23. The lowest BCUT2D eigenvalue weighted by molar-refractivity contribution is 0.0951. The molecule has 5 rings (SSSR count). The fourth-order valence-electron chi connectivity index (χ4n) is 5.73. The van der Waals surface area contributed by atoms with Crippen molar-refractivity contribution in [2.24, 2.45) is 0 Å². The van der Waals surface area contributed by atoms with Gasteiger partial charge in [-0.1, -0.05) is 0 Å². The van der Waals surface area contributed by atoms with Crippen LogP contribution in [0.25, 0.3) is 11.1 Å². The molecule has 2 saturated heterocycles. The lowest BCUT2D eigenvalue weighted by Gasteiger charge is -2.28. The zero-order chi connectivity index (χ0) is 25.4. The number of hydrogen-bond donors (Lipinski definition) is 2. The number of carbonyl (C=O) groups is 1. The Morgan fingerprint density at radius 3 is 2.50 bits per heavy atom. The van der Waals surface area contributed by atoms with Gasteiger partial charge in [-0.15, -0.1) is 0 Å². The summed E-state index contributed by atoms with van der Waals surface area (Å²) in [6, 6.07) is 7.74. The Labute approximate surface area is 210 Å². The molecule has 1 amide bonds. The van der Waals surface area contributed by atoms with Gasteiger partial charge in [0.25, 0.3) is 5.91 Å². The molecule has 0 radical (unpaired) electrons. The van der Waals surface area contributed by atoms with Crippen LogP contribution in [0.15, 0.2) is 42.7 Å². The predicted molar refractivity (Wildman–Crippen MR) is 136 cm³/mol. The molecule has 188 valence electrons. The summed E-state index contributed by atoms with van der Waals surface area (Å²) in [5.74, 6) is -1.62. The van der Waals surface area contributed by atoms with Gasteiger partial charge < -0.3 is 15.5 Å².